The zero-order chi connectivity index (χ0) is 12.1. The van der Waals surface area contributed by atoms with E-state index in [1.165, 1.54) is 5.56 Å². The molecule has 17 heavy (non-hydrogen) atoms. The Morgan fingerprint density at radius 2 is 1.88 bits per heavy atom. The van der Waals surface area contributed by atoms with E-state index in [4.69, 9.17) is 12.3 Å². The average molecular weight is 240 g/mol. The molecule has 0 unspecified atom stereocenters. The molecule has 0 aliphatic rings. The number of hydrogen-bond donors (Lipinski definition) is 1. The fourth-order valence-corrected chi connectivity index (χ4v) is 2.41. The van der Waals surface area contributed by atoms with Gasteiger partial charge in [0.25, 0.3) is 0 Å². The minimum absolute atomic E-state index is 0.634. The Kier molecular flexibility index (Phi) is 3.69. The lowest BCUT2D eigenvalue weighted by molar-refractivity contribution is 1.39. The maximum Gasteiger partial charge on any atom is 0.188 e. The first-order valence-electron chi connectivity index (χ1n) is 5.23. The fourth-order valence-electron chi connectivity index (χ4n) is 1.45. The van der Waals surface area contributed by atoms with Gasteiger partial charge in [-0.1, -0.05) is 36.4 Å². The van der Waals surface area contributed by atoms with E-state index in [0.29, 0.717) is 5.69 Å². The van der Waals surface area contributed by atoms with Crippen molar-refractivity contribution in [2.45, 2.75) is 10.6 Å². The van der Waals surface area contributed by atoms with Crippen LogP contribution < -0.4 is 5.73 Å². The predicted octanol–water partition coefficient (Wildman–Crippen LogP) is 4.11. The predicted molar refractivity (Wildman–Crippen MR) is 73.1 cm³/mol. The molecule has 0 saturated heterocycles. The Hall–Kier alpha value is -1.92. The van der Waals surface area contributed by atoms with Gasteiger partial charge in [0.15, 0.2) is 5.69 Å². The Balaban J connectivity index is 2.12. The maximum atomic E-state index is 6.98. The SMILES string of the molecule is [C-]#[N+]c1ccc(N)c(SCc2ccccc2)c1. The Labute approximate surface area is 105 Å². The van der Waals surface area contributed by atoms with Crippen LogP contribution in [-0.2, 0) is 5.75 Å². The molecular weight excluding hydrogens is 228 g/mol. The van der Waals surface area contributed by atoms with E-state index < -0.39 is 0 Å². The Morgan fingerprint density at radius 1 is 1.12 bits per heavy atom. The molecule has 0 fully saturated rings. The zero-order valence-corrected chi connectivity index (χ0v) is 10.1. The second-order valence-electron chi connectivity index (χ2n) is 3.61. The molecule has 2 aromatic carbocycles. The molecule has 0 spiro atoms. The van der Waals surface area contributed by atoms with Crippen molar-refractivity contribution in [1.29, 1.82) is 0 Å². The van der Waals surface area contributed by atoms with Crippen molar-refractivity contribution in [3.05, 3.63) is 65.5 Å². The van der Waals surface area contributed by atoms with E-state index in [1.807, 2.05) is 24.3 Å². The van der Waals surface area contributed by atoms with Gasteiger partial charge in [0.1, 0.15) is 0 Å². The van der Waals surface area contributed by atoms with Crippen LogP contribution in [0.2, 0.25) is 0 Å². The van der Waals surface area contributed by atoms with Gasteiger partial charge in [-0.3, -0.25) is 0 Å². The van der Waals surface area contributed by atoms with Crippen LogP contribution in [-0.4, -0.2) is 0 Å². The number of nitrogens with two attached hydrogens (primary N) is 1. The smallest absolute Gasteiger partial charge is 0.188 e. The summed E-state index contributed by atoms with van der Waals surface area (Å²) in [5.74, 6) is 0.868. The van der Waals surface area contributed by atoms with Crippen molar-refractivity contribution in [2.75, 3.05) is 5.73 Å². The summed E-state index contributed by atoms with van der Waals surface area (Å²) < 4.78 is 0. The average Bonchev–Trinajstić information content (AvgIpc) is 2.39. The molecule has 2 rings (SSSR count). The molecule has 0 heterocycles. The Morgan fingerprint density at radius 3 is 2.59 bits per heavy atom. The summed E-state index contributed by atoms with van der Waals surface area (Å²) in [4.78, 5) is 4.38. The van der Waals surface area contributed by atoms with Gasteiger partial charge in [-0.25, -0.2) is 4.85 Å². The van der Waals surface area contributed by atoms with Crippen LogP contribution >= 0.6 is 11.8 Å². The quantitative estimate of drug-likeness (QED) is 0.497. The highest BCUT2D eigenvalue weighted by atomic mass is 32.2. The van der Waals surface area contributed by atoms with E-state index >= 15 is 0 Å². The normalized spacial score (nSPS) is 9.82. The summed E-state index contributed by atoms with van der Waals surface area (Å²) in [6.45, 7) is 6.98. The van der Waals surface area contributed by atoms with Gasteiger partial charge >= 0.3 is 0 Å². The third kappa shape index (κ3) is 3.02. The summed E-state index contributed by atoms with van der Waals surface area (Å²) in [5, 5.41) is 0. The Bertz CT molecular complexity index is 544. The second kappa shape index (κ2) is 5.42. The van der Waals surface area contributed by atoms with Crippen molar-refractivity contribution in [3.63, 3.8) is 0 Å². The number of nitrogen functional groups attached to an aromatic ring is 1. The first kappa shape index (κ1) is 11.6. The van der Waals surface area contributed by atoms with Crippen molar-refractivity contribution in [3.8, 4) is 0 Å². The lowest BCUT2D eigenvalue weighted by Gasteiger charge is -2.06. The summed E-state index contributed by atoms with van der Waals surface area (Å²) in [5.41, 5.74) is 8.51. The lowest BCUT2D eigenvalue weighted by Crippen LogP contribution is -1.88. The topological polar surface area (TPSA) is 30.4 Å². The number of rotatable bonds is 3. The molecule has 0 aromatic heterocycles. The number of nitrogens with zero attached hydrogens (tertiary/aromatic N) is 1. The van der Waals surface area contributed by atoms with Gasteiger partial charge in [-0.05, 0) is 17.7 Å². The van der Waals surface area contributed by atoms with Crippen LogP contribution in [0.25, 0.3) is 4.85 Å². The molecule has 0 saturated carbocycles. The van der Waals surface area contributed by atoms with Crippen molar-refractivity contribution in [1.82, 2.24) is 0 Å². The number of hydrogen-bond acceptors (Lipinski definition) is 2. The van der Waals surface area contributed by atoms with E-state index in [9.17, 15) is 0 Å². The van der Waals surface area contributed by atoms with Gasteiger partial charge < -0.3 is 5.73 Å². The number of benzene rings is 2. The van der Waals surface area contributed by atoms with E-state index in [0.717, 1.165) is 16.3 Å². The van der Waals surface area contributed by atoms with Crippen LogP contribution in [0.1, 0.15) is 5.56 Å². The monoisotopic (exact) mass is 240 g/mol. The molecule has 2 aromatic rings. The van der Waals surface area contributed by atoms with Crippen molar-refractivity contribution < 1.29 is 0 Å². The first-order chi connectivity index (χ1) is 8.29. The van der Waals surface area contributed by atoms with Gasteiger partial charge in [0.2, 0.25) is 0 Å². The molecule has 0 aliphatic carbocycles. The number of anilines is 1. The molecule has 2 N–H and O–H groups in total. The molecule has 84 valence electrons. The van der Waals surface area contributed by atoms with Crippen molar-refractivity contribution in [2.24, 2.45) is 0 Å². The third-order valence-electron chi connectivity index (χ3n) is 2.36. The van der Waals surface area contributed by atoms with Gasteiger partial charge in [0, 0.05) is 16.3 Å². The van der Waals surface area contributed by atoms with E-state index in [2.05, 4.69) is 17.0 Å². The van der Waals surface area contributed by atoms with Gasteiger partial charge in [-0.2, -0.15) is 0 Å². The molecular formula is C14H12N2S. The molecule has 0 radical (unpaired) electrons. The summed E-state index contributed by atoms with van der Waals surface area (Å²) in [6, 6.07) is 15.6. The molecule has 0 atom stereocenters. The van der Waals surface area contributed by atoms with Gasteiger partial charge in [0.05, 0.1) is 6.57 Å². The van der Waals surface area contributed by atoms with Crippen molar-refractivity contribution >= 4 is 23.1 Å². The first-order valence-corrected chi connectivity index (χ1v) is 6.22. The highest BCUT2D eigenvalue weighted by Gasteiger charge is 2.02. The fraction of sp³-hybridized carbons (Fsp3) is 0.0714. The molecule has 0 amide bonds. The maximum absolute atomic E-state index is 6.98. The highest BCUT2D eigenvalue weighted by molar-refractivity contribution is 7.98. The summed E-state index contributed by atoms with van der Waals surface area (Å²) in [6.07, 6.45) is 0. The number of thioether (sulfide) groups is 1. The zero-order valence-electron chi connectivity index (χ0n) is 9.26. The summed E-state index contributed by atoms with van der Waals surface area (Å²) >= 11 is 1.66. The summed E-state index contributed by atoms with van der Waals surface area (Å²) in [7, 11) is 0. The van der Waals surface area contributed by atoms with Crippen LogP contribution in [0.4, 0.5) is 11.4 Å². The minimum Gasteiger partial charge on any atom is -0.398 e. The molecule has 0 aliphatic heterocycles. The minimum atomic E-state index is 0.634. The van der Waals surface area contributed by atoms with Crippen LogP contribution in [0, 0.1) is 6.57 Å². The highest BCUT2D eigenvalue weighted by Crippen LogP contribution is 2.31. The van der Waals surface area contributed by atoms with Gasteiger partial charge in [-0.15, -0.1) is 11.8 Å². The molecule has 2 nitrogen and oxygen atoms in total. The molecule has 0 bridgehead atoms. The molecule has 3 heteroatoms. The lowest BCUT2D eigenvalue weighted by atomic mass is 10.2. The largest absolute Gasteiger partial charge is 0.398 e. The second-order valence-corrected chi connectivity index (χ2v) is 4.63. The van der Waals surface area contributed by atoms with E-state index in [1.54, 1.807) is 23.9 Å². The standard InChI is InChI=1S/C14H12N2S/c1-16-12-7-8-13(15)14(9-12)17-10-11-5-3-2-4-6-11/h2-9H,10,15H2. The van der Waals surface area contributed by atoms with Crippen LogP contribution in [0.3, 0.4) is 0 Å². The van der Waals surface area contributed by atoms with Crippen LogP contribution in [0.5, 0.6) is 0 Å². The van der Waals surface area contributed by atoms with Crippen LogP contribution in [0.15, 0.2) is 53.4 Å². The third-order valence-corrected chi connectivity index (χ3v) is 3.51. The van der Waals surface area contributed by atoms with E-state index in [-0.39, 0.29) is 0 Å².